The lowest BCUT2D eigenvalue weighted by Gasteiger charge is -2.19. The molecule has 32 heavy (non-hydrogen) atoms. The number of hydrogen-bond donors (Lipinski definition) is 2. The number of pyridine rings is 1. The SMILES string of the molecule is Cc1cc(-c2c(OC(C)COC(N)=O)nc(N)nc2-c2ccc(F)cc2)cc(C(F)F)n1. The highest BCUT2D eigenvalue weighted by Crippen LogP contribution is 2.39. The second kappa shape index (κ2) is 9.50. The fourth-order valence-corrected chi connectivity index (χ4v) is 2.99. The second-order valence-electron chi connectivity index (χ2n) is 6.90. The van der Waals surface area contributed by atoms with Gasteiger partial charge in [-0.25, -0.2) is 22.9 Å². The van der Waals surface area contributed by atoms with Gasteiger partial charge in [-0.3, -0.25) is 4.98 Å². The molecule has 3 rings (SSSR count). The molecule has 0 aliphatic heterocycles. The summed E-state index contributed by atoms with van der Waals surface area (Å²) in [4.78, 5) is 23.1. The quantitative estimate of drug-likeness (QED) is 0.560. The molecule has 0 fully saturated rings. The number of amides is 1. The molecule has 168 valence electrons. The van der Waals surface area contributed by atoms with Crippen LogP contribution in [0.3, 0.4) is 0 Å². The summed E-state index contributed by atoms with van der Waals surface area (Å²) >= 11 is 0. The number of aryl methyl sites for hydroxylation is 1. The zero-order chi connectivity index (χ0) is 23.4. The second-order valence-corrected chi connectivity index (χ2v) is 6.90. The fourth-order valence-electron chi connectivity index (χ4n) is 2.99. The zero-order valence-corrected chi connectivity index (χ0v) is 17.2. The predicted octanol–water partition coefficient (Wildman–Crippen LogP) is 4.04. The van der Waals surface area contributed by atoms with Crippen molar-refractivity contribution in [3.63, 3.8) is 0 Å². The van der Waals surface area contributed by atoms with Gasteiger partial charge in [-0.2, -0.15) is 4.98 Å². The molecule has 11 heteroatoms. The van der Waals surface area contributed by atoms with Crippen molar-refractivity contribution < 1.29 is 27.4 Å². The summed E-state index contributed by atoms with van der Waals surface area (Å²) in [6.45, 7) is 2.96. The number of primary amides is 1. The van der Waals surface area contributed by atoms with Gasteiger partial charge in [-0.05, 0) is 55.8 Å². The average Bonchev–Trinajstić information content (AvgIpc) is 2.72. The summed E-state index contributed by atoms with van der Waals surface area (Å²) in [5.41, 5.74) is 12.0. The van der Waals surface area contributed by atoms with Crippen LogP contribution in [0.1, 0.15) is 24.7 Å². The lowest BCUT2D eigenvalue weighted by atomic mass is 9.99. The number of aromatic nitrogens is 3. The fraction of sp³-hybridized carbons (Fsp3) is 0.238. The van der Waals surface area contributed by atoms with Crippen molar-refractivity contribution in [2.75, 3.05) is 12.3 Å². The maximum Gasteiger partial charge on any atom is 0.404 e. The molecule has 1 unspecified atom stereocenters. The summed E-state index contributed by atoms with van der Waals surface area (Å²) in [5, 5.41) is 0. The monoisotopic (exact) mass is 447 g/mol. The molecular weight excluding hydrogens is 427 g/mol. The van der Waals surface area contributed by atoms with Crippen LogP contribution in [0.5, 0.6) is 5.88 Å². The third-order valence-electron chi connectivity index (χ3n) is 4.27. The van der Waals surface area contributed by atoms with Crippen LogP contribution in [0.25, 0.3) is 22.4 Å². The molecule has 1 amide bonds. The first-order valence-electron chi connectivity index (χ1n) is 9.43. The first-order chi connectivity index (χ1) is 15.1. The molecule has 0 bridgehead atoms. The first kappa shape index (κ1) is 22.8. The molecule has 2 heterocycles. The first-order valence-corrected chi connectivity index (χ1v) is 9.43. The maximum atomic E-state index is 13.5. The van der Waals surface area contributed by atoms with Crippen molar-refractivity contribution in [3.05, 3.63) is 53.6 Å². The number of rotatable bonds is 7. The third-order valence-corrected chi connectivity index (χ3v) is 4.27. The minimum Gasteiger partial charge on any atom is -0.470 e. The number of carbonyl (C=O) groups excluding carboxylic acids is 1. The number of carbonyl (C=O) groups is 1. The number of ether oxygens (including phenoxy) is 2. The van der Waals surface area contributed by atoms with Gasteiger partial charge in [0.2, 0.25) is 11.8 Å². The van der Waals surface area contributed by atoms with E-state index in [2.05, 4.69) is 15.0 Å². The molecule has 0 saturated heterocycles. The number of alkyl halides is 2. The Bertz CT molecular complexity index is 1130. The van der Waals surface area contributed by atoms with Crippen LogP contribution in [0.15, 0.2) is 36.4 Å². The van der Waals surface area contributed by atoms with E-state index in [0.717, 1.165) is 0 Å². The van der Waals surface area contributed by atoms with E-state index in [-0.39, 0.29) is 29.7 Å². The topological polar surface area (TPSA) is 126 Å². The highest BCUT2D eigenvalue weighted by atomic mass is 19.3. The summed E-state index contributed by atoms with van der Waals surface area (Å²) in [5.74, 6) is -0.667. The predicted molar refractivity (Wildman–Crippen MR) is 110 cm³/mol. The van der Waals surface area contributed by atoms with E-state index >= 15 is 0 Å². The molecule has 0 radical (unpaired) electrons. The molecule has 1 aromatic carbocycles. The Hall–Kier alpha value is -3.89. The Labute approximate surface area is 181 Å². The van der Waals surface area contributed by atoms with Crippen molar-refractivity contribution in [3.8, 4) is 28.3 Å². The zero-order valence-electron chi connectivity index (χ0n) is 17.2. The molecule has 0 aliphatic carbocycles. The van der Waals surface area contributed by atoms with Crippen LogP contribution < -0.4 is 16.2 Å². The van der Waals surface area contributed by atoms with Gasteiger partial charge >= 0.3 is 6.09 Å². The molecule has 3 aromatic rings. The normalized spacial score (nSPS) is 11.9. The van der Waals surface area contributed by atoms with E-state index in [1.165, 1.54) is 30.3 Å². The van der Waals surface area contributed by atoms with Crippen LogP contribution in [0.2, 0.25) is 0 Å². The number of halogens is 3. The summed E-state index contributed by atoms with van der Waals surface area (Å²) in [6, 6.07) is 8.13. The number of benzene rings is 1. The van der Waals surface area contributed by atoms with E-state index in [0.29, 0.717) is 16.8 Å². The summed E-state index contributed by atoms with van der Waals surface area (Å²) < 4.78 is 50.9. The van der Waals surface area contributed by atoms with Crippen molar-refractivity contribution >= 4 is 12.0 Å². The number of hydrogen-bond acceptors (Lipinski definition) is 7. The van der Waals surface area contributed by atoms with Crippen LogP contribution in [-0.4, -0.2) is 33.8 Å². The smallest absolute Gasteiger partial charge is 0.404 e. The maximum absolute atomic E-state index is 13.5. The van der Waals surface area contributed by atoms with E-state index in [1.54, 1.807) is 19.9 Å². The number of nitrogens with zero attached hydrogens (tertiary/aromatic N) is 3. The van der Waals surface area contributed by atoms with Gasteiger partial charge in [0.05, 0.1) is 11.3 Å². The summed E-state index contributed by atoms with van der Waals surface area (Å²) in [6.07, 6.45) is -4.51. The minimum absolute atomic E-state index is 0.0387. The molecule has 0 saturated carbocycles. The minimum atomic E-state index is -2.81. The third kappa shape index (κ3) is 5.42. The lowest BCUT2D eigenvalue weighted by molar-refractivity contribution is 0.0942. The summed E-state index contributed by atoms with van der Waals surface area (Å²) in [7, 11) is 0. The highest BCUT2D eigenvalue weighted by molar-refractivity contribution is 5.85. The van der Waals surface area contributed by atoms with E-state index in [4.69, 9.17) is 20.9 Å². The Balaban J connectivity index is 2.21. The van der Waals surface area contributed by atoms with Crippen LogP contribution >= 0.6 is 0 Å². The lowest BCUT2D eigenvalue weighted by Crippen LogP contribution is -2.25. The Morgan fingerprint density at radius 2 is 1.78 bits per heavy atom. The Morgan fingerprint density at radius 1 is 1.09 bits per heavy atom. The van der Waals surface area contributed by atoms with Crippen molar-refractivity contribution in [1.29, 1.82) is 0 Å². The van der Waals surface area contributed by atoms with Gasteiger partial charge in [0.1, 0.15) is 24.2 Å². The van der Waals surface area contributed by atoms with Gasteiger partial charge in [-0.15, -0.1) is 0 Å². The average molecular weight is 447 g/mol. The number of nitrogen functional groups attached to an aromatic ring is 1. The molecular formula is C21H20F3N5O3. The van der Waals surface area contributed by atoms with Crippen LogP contribution in [-0.2, 0) is 4.74 Å². The van der Waals surface area contributed by atoms with Gasteiger partial charge in [0.25, 0.3) is 6.43 Å². The van der Waals surface area contributed by atoms with Crippen molar-refractivity contribution in [2.45, 2.75) is 26.4 Å². The molecule has 4 N–H and O–H groups in total. The van der Waals surface area contributed by atoms with Gasteiger partial charge in [0, 0.05) is 11.3 Å². The molecule has 0 spiro atoms. The van der Waals surface area contributed by atoms with Crippen LogP contribution in [0, 0.1) is 12.7 Å². The number of anilines is 1. The standard InChI is InChI=1S/C21H20F3N5O3/c1-10-7-13(8-15(27-10)18(23)24)16-17(12-3-5-14(22)6-4-12)28-20(25)29-19(16)32-11(2)9-31-21(26)30/h3-8,11,18H,9H2,1-2H3,(H2,26,30)(H2,25,28,29). The number of nitrogens with two attached hydrogens (primary N) is 2. The molecule has 1 atom stereocenters. The van der Waals surface area contributed by atoms with Gasteiger partial charge < -0.3 is 20.9 Å². The molecule has 2 aromatic heterocycles. The van der Waals surface area contributed by atoms with E-state index in [1.807, 2.05) is 0 Å². The van der Waals surface area contributed by atoms with Crippen LogP contribution in [0.4, 0.5) is 23.9 Å². The van der Waals surface area contributed by atoms with Crippen molar-refractivity contribution in [2.24, 2.45) is 5.73 Å². The van der Waals surface area contributed by atoms with E-state index < -0.39 is 30.1 Å². The van der Waals surface area contributed by atoms with Gasteiger partial charge in [-0.1, -0.05) is 0 Å². The Morgan fingerprint density at radius 3 is 2.41 bits per heavy atom. The van der Waals surface area contributed by atoms with E-state index in [9.17, 15) is 18.0 Å². The highest BCUT2D eigenvalue weighted by Gasteiger charge is 2.23. The molecule has 0 aliphatic rings. The van der Waals surface area contributed by atoms with Gasteiger partial charge in [0.15, 0.2) is 0 Å². The van der Waals surface area contributed by atoms with Crippen molar-refractivity contribution in [1.82, 2.24) is 15.0 Å². The molecule has 8 nitrogen and oxygen atoms in total. The Kier molecular flexibility index (Phi) is 6.76. The largest absolute Gasteiger partial charge is 0.470 e.